The molecule has 22 nitrogen and oxygen atoms in total. The van der Waals surface area contributed by atoms with Crippen LogP contribution in [0.5, 0.6) is 0 Å². The monoisotopic (exact) mass is 1240 g/mol. The fraction of sp³-hybridized carbons (Fsp3) is 0.588. The zero-order valence-electron chi connectivity index (χ0n) is 54.8. The smallest absolute Gasteiger partial charge is 0.329 e. The van der Waals surface area contributed by atoms with Gasteiger partial charge in [0.25, 0.3) is 23.6 Å². The number of benzene rings is 2. The van der Waals surface area contributed by atoms with Crippen LogP contribution in [0.3, 0.4) is 0 Å². The van der Waals surface area contributed by atoms with Crippen molar-refractivity contribution in [3.63, 3.8) is 0 Å². The van der Waals surface area contributed by atoms with E-state index in [2.05, 4.69) is 22.3 Å². The minimum atomic E-state index is -1.57. The minimum Gasteiger partial charge on any atom is -0.451 e. The molecule has 90 heavy (non-hydrogen) atoms. The summed E-state index contributed by atoms with van der Waals surface area (Å²) in [4.78, 5) is 123. The molecule has 0 bridgehead atoms. The van der Waals surface area contributed by atoms with E-state index in [0.29, 0.717) is 35.6 Å². The molecule has 2 aromatic heterocycles. The average Bonchev–Trinajstić information content (AvgIpc) is 2.10. The highest BCUT2D eigenvalue weighted by atomic mass is 16.6. The predicted octanol–water partition coefficient (Wildman–Crippen LogP) is 6.88. The highest BCUT2D eigenvalue weighted by Crippen LogP contribution is 2.29. The molecule has 4 aromatic rings. The van der Waals surface area contributed by atoms with Crippen molar-refractivity contribution < 1.29 is 57.3 Å². The van der Waals surface area contributed by atoms with Crippen molar-refractivity contribution >= 4 is 47.5 Å². The lowest BCUT2D eigenvalue weighted by atomic mass is 9.99. The number of rotatable bonds is 16. The van der Waals surface area contributed by atoms with Crippen LogP contribution in [0.4, 0.5) is 0 Å². The van der Waals surface area contributed by atoms with Gasteiger partial charge < -0.3 is 38.5 Å². The second-order valence-corrected chi connectivity index (χ2v) is 26.2. The van der Waals surface area contributed by atoms with Crippen LogP contribution in [0, 0.1) is 46.3 Å². The lowest BCUT2D eigenvalue weighted by Crippen LogP contribution is -2.55. The van der Waals surface area contributed by atoms with Crippen molar-refractivity contribution in [1.82, 2.24) is 39.2 Å². The fourth-order valence-electron chi connectivity index (χ4n) is 12.3. The van der Waals surface area contributed by atoms with Crippen molar-refractivity contribution in [3.8, 4) is 12.1 Å². The molecule has 1 aliphatic heterocycles. The maximum absolute atomic E-state index is 15.2. The number of esters is 4. The predicted molar refractivity (Wildman–Crippen MR) is 331 cm³/mol. The number of cyclic esters (lactones) is 4. The largest absolute Gasteiger partial charge is 0.451 e. The normalized spacial score (nSPS) is 23.0. The van der Waals surface area contributed by atoms with Crippen LogP contribution in [0.25, 0.3) is 0 Å². The SMILES string of the molecule is CC(C)C[C@H]1C(=O)O[C@H](Cc2ccc(Cn3nc(C#N)c4c3CCC4)cc2)C(=O)N(C)[C@@H](CC(C)C)C(=O)O[C@H](C)C(=O)N(C)[C@@H](CC(C)C)C(=O)O[C@H](Cc2ccc(Cn3nc(C#N)c4c3CCC4)cc2)C(=O)N(C)[C@@H](CC(C)C)C(=O)O[C@H](C)C(=O)N1C. The number of amides is 4. The average molecular weight is 1240 g/mol. The Balaban J connectivity index is 1.24. The summed E-state index contributed by atoms with van der Waals surface area (Å²) in [7, 11) is 5.54. The van der Waals surface area contributed by atoms with Gasteiger partial charge in [-0.3, -0.25) is 28.5 Å². The lowest BCUT2D eigenvalue weighted by Gasteiger charge is -2.35. The number of likely N-dealkylation sites (N-methyl/N-ethyl adjacent to an activating group) is 4. The van der Waals surface area contributed by atoms with E-state index < -0.39 is 96.1 Å². The van der Waals surface area contributed by atoms with E-state index in [-0.39, 0.29) is 62.2 Å². The summed E-state index contributed by atoms with van der Waals surface area (Å²) in [5, 5.41) is 28.6. The van der Waals surface area contributed by atoms with Gasteiger partial charge in [-0.25, -0.2) is 19.2 Å². The second-order valence-electron chi connectivity index (χ2n) is 26.2. The van der Waals surface area contributed by atoms with Crippen molar-refractivity contribution in [3.05, 3.63) is 105 Å². The molecular weight excluding hydrogens is 1150 g/mol. The summed E-state index contributed by atoms with van der Waals surface area (Å²) in [5.74, 6) is -7.70. The Hall–Kier alpha value is -8.40. The number of nitriles is 2. The summed E-state index contributed by atoms with van der Waals surface area (Å²) >= 11 is 0. The molecule has 1 saturated heterocycles. The van der Waals surface area contributed by atoms with Crippen LogP contribution >= 0.6 is 0 Å². The molecule has 0 unspecified atom stereocenters. The Morgan fingerprint density at radius 1 is 0.433 bits per heavy atom. The summed E-state index contributed by atoms with van der Waals surface area (Å²) in [6.07, 6.45) is -1.21. The number of fused-ring (bicyclic) bond motifs is 2. The van der Waals surface area contributed by atoms with Crippen molar-refractivity contribution in [2.24, 2.45) is 23.7 Å². The Kier molecular flexibility index (Phi) is 23.3. The number of ether oxygens (including phenoxy) is 4. The van der Waals surface area contributed by atoms with Crippen LogP contribution < -0.4 is 0 Å². The number of nitrogens with zero attached hydrogens (tertiary/aromatic N) is 10. The van der Waals surface area contributed by atoms with Crippen LogP contribution in [0.15, 0.2) is 48.5 Å². The lowest BCUT2D eigenvalue weighted by molar-refractivity contribution is -0.176. The number of hydrogen-bond donors (Lipinski definition) is 0. The van der Waals surface area contributed by atoms with Gasteiger partial charge in [-0.15, -0.1) is 0 Å². The first kappa shape index (κ1) is 69.1. The van der Waals surface area contributed by atoms with Gasteiger partial charge in [-0.2, -0.15) is 20.7 Å². The highest BCUT2D eigenvalue weighted by molar-refractivity contribution is 5.94. The standard InChI is InChI=1S/C68H90N10O12/c1-39(2)29-55-65(83)87-43(9)61(79)73(11)58(32-42(7)8)68(86)90-60(34-46-23-27-48(28-24-46)38-78-54-20-16-18-50(54)52(36-70)72-78)64(82)76(14)56(30-40(3)4)66(84)88-44(10)62(80)74(12)57(31-41(5)6)67(85)89-59(63(81)75(55)13)33-45-21-25-47(26-22-45)37-77-53-19-15-17-49(53)51(35-69)71-77/h21-28,39-44,55-60H,15-20,29-34,37-38H2,1-14H3/t43-,44-,55+,56+,57+,58+,59-,60-/m1/s1. The number of hydrogen-bond acceptors (Lipinski definition) is 16. The van der Waals surface area contributed by atoms with Crippen LogP contribution in [-0.2, 0) is 109 Å². The summed E-state index contributed by atoms with van der Waals surface area (Å²) in [6, 6.07) is 13.7. The van der Waals surface area contributed by atoms with Gasteiger partial charge in [0, 0.05) is 63.5 Å². The number of carbonyl (C=O) groups excluding carboxylic acids is 8. The molecule has 4 amide bonds. The number of carbonyl (C=O) groups is 8. The quantitative estimate of drug-likeness (QED) is 0.0817. The van der Waals surface area contributed by atoms with Gasteiger partial charge in [-0.1, -0.05) is 104 Å². The molecule has 7 rings (SSSR count). The van der Waals surface area contributed by atoms with Crippen LogP contribution in [-0.4, -0.2) is 163 Å². The minimum absolute atomic E-state index is 0.0594. The third kappa shape index (κ3) is 16.7. The molecule has 2 aromatic carbocycles. The molecule has 0 N–H and O–H groups in total. The molecule has 0 saturated carbocycles. The van der Waals surface area contributed by atoms with Gasteiger partial charge in [-0.05, 0) is 124 Å². The fourth-order valence-corrected chi connectivity index (χ4v) is 12.3. The third-order valence-electron chi connectivity index (χ3n) is 17.3. The molecule has 8 atom stereocenters. The summed E-state index contributed by atoms with van der Waals surface area (Å²) in [6.45, 7) is 18.2. The van der Waals surface area contributed by atoms with Crippen molar-refractivity contribution in [1.29, 1.82) is 10.5 Å². The first-order chi connectivity index (χ1) is 42.6. The highest BCUT2D eigenvalue weighted by Gasteiger charge is 2.43. The van der Waals surface area contributed by atoms with Gasteiger partial charge in [0.1, 0.15) is 36.3 Å². The maximum atomic E-state index is 15.2. The Bertz CT molecular complexity index is 3120. The summed E-state index contributed by atoms with van der Waals surface area (Å²) < 4.78 is 28.1. The van der Waals surface area contributed by atoms with Crippen molar-refractivity contribution in [2.45, 2.75) is 208 Å². The van der Waals surface area contributed by atoms with Crippen LogP contribution in [0.1, 0.15) is 164 Å². The van der Waals surface area contributed by atoms with Gasteiger partial charge in [0.05, 0.1) is 13.1 Å². The van der Waals surface area contributed by atoms with E-state index in [1.165, 1.54) is 42.0 Å². The molecule has 0 radical (unpaired) electrons. The maximum Gasteiger partial charge on any atom is 0.329 e. The molecule has 3 heterocycles. The molecular formula is C68H90N10O12. The molecule has 22 heteroatoms. The molecule has 1 fully saturated rings. The van der Waals surface area contributed by atoms with E-state index in [0.717, 1.165) is 91.8 Å². The molecule has 484 valence electrons. The topological polar surface area (TPSA) is 270 Å². The van der Waals surface area contributed by atoms with Gasteiger partial charge >= 0.3 is 23.9 Å². The third-order valence-corrected chi connectivity index (χ3v) is 17.3. The zero-order valence-corrected chi connectivity index (χ0v) is 54.8. The summed E-state index contributed by atoms with van der Waals surface area (Å²) in [5.41, 5.74) is 7.70. The van der Waals surface area contributed by atoms with E-state index in [1.807, 2.05) is 89.0 Å². The van der Waals surface area contributed by atoms with E-state index >= 15 is 9.59 Å². The Labute approximate surface area is 529 Å². The van der Waals surface area contributed by atoms with E-state index in [9.17, 15) is 39.3 Å². The second kappa shape index (κ2) is 30.4. The Morgan fingerprint density at radius 3 is 1.00 bits per heavy atom. The van der Waals surface area contributed by atoms with E-state index in [4.69, 9.17) is 18.9 Å². The van der Waals surface area contributed by atoms with Gasteiger partial charge in [0.2, 0.25) is 0 Å². The molecule has 3 aliphatic rings. The molecule has 0 spiro atoms. The first-order valence-corrected chi connectivity index (χ1v) is 31.6. The zero-order chi connectivity index (χ0) is 66.0. The van der Waals surface area contributed by atoms with Crippen LogP contribution in [0.2, 0.25) is 0 Å². The Morgan fingerprint density at radius 2 is 0.711 bits per heavy atom. The van der Waals surface area contributed by atoms with Gasteiger partial charge in [0.15, 0.2) is 35.8 Å². The molecule has 2 aliphatic carbocycles. The van der Waals surface area contributed by atoms with Crippen molar-refractivity contribution in [2.75, 3.05) is 28.2 Å². The number of aromatic nitrogens is 4. The van der Waals surface area contributed by atoms with E-state index in [1.54, 1.807) is 24.3 Å². The first-order valence-electron chi connectivity index (χ1n) is 31.6.